The van der Waals surface area contributed by atoms with Crippen LogP contribution in [-0.2, 0) is 14.8 Å². The van der Waals surface area contributed by atoms with Crippen LogP contribution in [0.15, 0.2) is 23.1 Å². The van der Waals surface area contributed by atoms with E-state index < -0.39 is 10.0 Å². The van der Waals surface area contributed by atoms with Gasteiger partial charge in [-0.05, 0) is 43.9 Å². The number of likely N-dealkylation sites (tertiary alicyclic amines) is 1. The molecule has 1 aromatic carbocycles. The van der Waals surface area contributed by atoms with Gasteiger partial charge in [0.1, 0.15) is 0 Å². The predicted molar refractivity (Wildman–Crippen MR) is 89.2 cm³/mol. The summed E-state index contributed by atoms with van der Waals surface area (Å²) in [5.74, 6) is 0. The van der Waals surface area contributed by atoms with E-state index in [1.165, 1.54) is 18.2 Å². The molecule has 0 spiro atoms. The number of amides is 1. The van der Waals surface area contributed by atoms with E-state index >= 15 is 0 Å². The van der Waals surface area contributed by atoms with Crippen molar-refractivity contribution in [3.8, 4) is 0 Å². The van der Waals surface area contributed by atoms with E-state index in [1.54, 1.807) is 9.21 Å². The van der Waals surface area contributed by atoms with Gasteiger partial charge in [-0.3, -0.25) is 4.79 Å². The van der Waals surface area contributed by atoms with E-state index in [-0.39, 0.29) is 17.0 Å². The molecule has 0 aromatic heterocycles. The van der Waals surface area contributed by atoms with E-state index in [2.05, 4.69) is 0 Å². The van der Waals surface area contributed by atoms with Crippen LogP contribution < -0.4 is 0 Å². The van der Waals surface area contributed by atoms with Gasteiger partial charge in [0, 0.05) is 35.2 Å². The van der Waals surface area contributed by atoms with Crippen molar-refractivity contribution in [2.75, 3.05) is 13.1 Å². The van der Waals surface area contributed by atoms with Gasteiger partial charge < -0.3 is 4.90 Å². The zero-order valence-corrected chi connectivity index (χ0v) is 14.8. The maximum Gasteiger partial charge on any atom is 0.243 e. The van der Waals surface area contributed by atoms with Gasteiger partial charge in [-0.2, -0.15) is 4.31 Å². The highest BCUT2D eigenvalue weighted by atomic mass is 35.5. The third-order valence-electron chi connectivity index (χ3n) is 4.33. The Kier molecular flexibility index (Phi) is 4.88. The molecule has 1 aromatic rings. The Hall–Kier alpha value is -0.820. The van der Waals surface area contributed by atoms with E-state index in [4.69, 9.17) is 23.2 Å². The lowest BCUT2D eigenvalue weighted by atomic mass is 10.1. The van der Waals surface area contributed by atoms with Crippen LogP contribution in [0.4, 0.5) is 0 Å². The molecule has 0 N–H and O–H groups in total. The summed E-state index contributed by atoms with van der Waals surface area (Å²) >= 11 is 11.9. The van der Waals surface area contributed by atoms with E-state index in [9.17, 15) is 13.2 Å². The highest BCUT2D eigenvalue weighted by molar-refractivity contribution is 7.89. The first-order valence-electron chi connectivity index (χ1n) is 7.61. The topological polar surface area (TPSA) is 57.7 Å². The van der Waals surface area contributed by atoms with Gasteiger partial charge >= 0.3 is 0 Å². The molecule has 0 atom stereocenters. The van der Waals surface area contributed by atoms with Crippen molar-refractivity contribution >= 4 is 39.6 Å². The van der Waals surface area contributed by atoms with Gasteiger partial charge in [-0.15, -0.1) is 0 Å². The van der Waals surface area contributed by atoms with Crippen molar-refractivity contribution in [3.05, 3.63) is 28.2 Å². The van der Waals surface area contributed by atoms with Crippen LogP contribution >= 0.6 is 23.2 Å². The number of rotatable bonds is 5. The van der Waals surface area contributed by atoms with Gasteiger partial charge in [0.05, 0.1) is 4.90 Å². The van der Waals surface area contributed by atoms with Gasteiger partial charge in [-0.25, -0.2) is 8.42 Å². The maximum absolute atomic E-state index is 13.1. The molecular formula is C15H18Cl2N2O3S. The summed E-state index contributed by atoms with van der Waals surface area (Å²) in [6.45, 7) is 1.17. The van der Waals surface area contributed by atoms with Crippen LogP contribution in [0.1, 0.15) is 25.7 Å². The summed E-state index contributed by atoms with van der Waals surface area (Å²) in [6.07, 6.45) is 3.89. The van der Waals surface area contributed by atoms with Crippen molar-refractivity contribution in [1.29, 1.82) is 0 Å². The fourth-order valence-corrected chi connectivity index (χ4v) is 5.72. The second-order valence-electron chi connectivity index (χ2n) is 6.04. The first-order chi connectivity index (χ1) is 10.9. The molecule has 0 unspecified atom stereocenters. The highest BCUT2D eigenvalue weighted by Gasteiger charge is 2.43. The molecule has 1 amide bonds. The fourth-order valence-electron chi connectivity index (χ4n) is 3.06. The number of piperidine rings is 1. The minimum Gasteiger partial charge on any atom is -0.345 e. The summed E-state index contributed by atoms with van der Waals surface area (Å²) < 4.78 is 27.8. The van der Waals surface area contributed by atoms with Gasteiger partial charge in [0.2, 0.25) is 16.4 Å². The number of hydrogen-bond donors (Lipinski definition) is 0. The standard InChI is InChI=1S/C15H18Cl2N2O3S/c16-11-7-12(17)9-15(8-11)23(21,22)19(13-1-2-13)14-3-5-18(10-20)6-4-14/h7-10,13-14H,1-6H2. The minimum absolute atomic E-state index is 0.0468. The van der Waals surface area contributed by atoms with Crippen molar-refractivity contribution in [2.45, 2.75) is 42.7 Å². The predicted octanol–water partition coefficient (Wildman–Crippen LogP) is 2.77. The van der Waals surface area contributed by atoms with Crippen molar-refractivity contribution in [1.82, 2.24) is 9.21 Å². The molecule has 23 heavy (non-hydrogen) atoms. The van der Waals surface area contributed by atoms with Crippen molar-refractivity contribution in [2.24, 2.45) is 0 Å². The second-order valence-corrected chi connectivity index (χ2v) is 8.76. The van der Waals surface area contributed by atoms with Gasteiger partial charge in [0.25, 0.3) is 0 Å². The number of hydrogen-bond acceptors (Lipinski definition) is 3. The zero-order valence-electron chi connectivity index (χ0n) is 12.5. The van der Waals surface area contributed by atoms with Crippen molar-refractivity contribution < 1.29 is 13.2 Å². The van der Waals surface area contributed by atoms with Crippen LogP contribution in [0.3, 0.4) is 0 Å². The number of benzene rings is 1. The molecule has 126 valence electrons. The largest absolute Gasteiger partial charge is 0.345 e. The quantitative estimate of drug-likeness (QED) is 0.742. The Morgan fingerprint density at radius 1 is 1.00 bits per heavy atom. The van der Waals surface area contributed by atoms with Crippen LogP contribution in [-0.4, -0.2) is 49.2 Å². The second kappa shape index (κ2) is 6.59. The molecule has 1 saturated carbocycles. The monoisotopic (exact) mass is 376 g/mol. The van der Waals surface area contributed by atoms with Crippen LogP contribution in [0.2, 0.25) is 10.0 Å². The van der Waals surface area contributed by atoms with E-state index in [1.807, 2.05) is 0 Å². The summed E-state index contributed by atoms with van der Waals surface area (Å²) in [5, 5.41) is 0.616. The average Bonchev–Trinajstić information content (AvgIpc) is 3.31. The first-order valence-corrected chi connectivity index (χ1v) is 9.80. The SMILES string of the molecule is O=CN1CCC(N(C2CC2)S(=O)(=O)c2cc(Cl)cc(Cl)c2)CC1. The molecule has 2 fully saturated rings. The Labute approximate surface area is 146 Å². The molecule has 2 aliphatic rings. The van der Waals surface area contributed by atoms with Gasteiger partial charge in [-0.1, -0.05) is 23.2 Å². The lowest BCUT2D eigenvalue weighted by Gasteiger charge is -2.36. The molecule has 1 saturated heterocycles. The molecule has 1 heterocycles. The maximum atomic E-state index is 13.1. The molecule has 5 nitrogen and oxygen atoms in total. The lowest BCUT2D eigenvalue weighted by molar-refractivity contribution is -0.119. The molecule has 0 radical (unpaired) electrons. The molecule has 0 bridgehead atoms. The van der Waals surface area contributed by atoms with E-state index in [0.717, 1.165) is 19.3 Å². The highest BCUT2D eigenvalue weighted by Crippen LogP contribution is 2.37. The van der Waals surface area contributed by atoms with Crippen molar-refractivity contribution in [3.63, 3.8) is 0 Å². The van der Waals surface area contributed by atoms with Crippen LogP contribution in [0, 0.1) is 0 Å². The van der Waals surface area contributed by atoms with Crippen LogP contribution in [0.5, 0.6) is 0 Å². The molecule has 8 heteroatoms. The Morgan fingerprint density at radius 2 is 1.52 bits per heavy atom. The van der Waals surface area contributed by atoms with Crippen LogP contribution in [0.25, 0.3) is 0 Å². The Morgan fingerprint density at radius 3 is 2.00 bits per heavy atom. The Bertz CT molecular complexity index is 678. The molecule has 3 rings (SSSR count). The smallest absolute Gasteiger partial charge is 0.243 e. The molecule has 1 aliphatic heterocycles. The number of nitrogens with zero attached hydrogens (tertiary/aromatic N) is 2. The summed E-state index contributed by atoms with van der Waals surface area (Å²) in [4.78, 5) is 12.7. The third-order valence-corrected chi connectivity index (χ3v) is 6.75. The number of sulfonamides is 1. The summed E-state index contributed by atoms with van der Waals surface area (Å²) in [6, 6.07) is 4.37. The summed E-state index contributed by atoms with van der Waals surface area (Å²) in [5.41, 5.74) is 0. The summed E-state index contributed by atoms with van der Waals surface area (Å²) in [7, 11) is -3.65. The number of carbonyl (C=O) groups is 1. The first kappa shape index (κ1) is 17.0. The third kappa shape index (κ3) is 3.65. The normalized spacial score (nSPS) is 20.0. The Balaban J connectivity index is 1.89. The lowest BCUT2D eigenvalue weighted by Crippen LogP contribution is -2.48. The number of carbonyl (C=O) groups excluding carboxylic acids is 1. The average molecular weight is 377 g/mol. The minimum atomic E-state index is -3.65. The molecule has 1 aliphatic carbocycles. The zero-order chi connectivity index (χ0) is 16.6. The number of halogens is 2. The molecular weight excluding hydrogens is 359 g/mol. The van der Waals surface area contributed by atoms with Gasteiger partial charge in [0.15, 0.2) is 0 Å². The fraction of sp³-hybridized carbons (Fsp3) is 0.533. The van der Waals surface area contributed by atoms with E-state index in [0.29, 0.717) is 36.0 Å².